The van der Waals surface area contributed by atoms with Crippen LogP contribution < -0.4 is 20.1 Å². The quantitative estimate of drug-likeness (QED) is 0.324. The van der Waals surface area contributed by atoms with Gasteiger partial charge in [0.2, 0.25) is 10.0 Å². The van der Waals surface area contributed by atoms with Crippen molar-refractivity contribution in [1.82, 2.24) is 9.62 Å². The summed E-state index contributed by atoms with van der Waals surface area (Å²) in [5.74, 6) is 2.06. The fourth-order valence-corrected chi connectivity index (χ4v) is 5.12. The molecule has 0 saturated carbocycles. The molecule has 0 spiro atoms. The van der Waals surface area contributed by atoms with Gasteiger partial charge in [-0.2, -0.15) is 4.31 Å². The van der Waals surface area contributed by atoms with Crippen LogP contribution in [0.15, 0.2) is 52.4 Å². The van der Waals surface area contributed by atoms with Crippen molar-refractivity contribution < 1.29 is 17.9 Å². The van der Waals surface area contributed by atoms with Gasteiger partial charge in [0.05, 0.1) is 18.1 Å². The number of rotatable bonds is 5. The molecule has 8 nitrogen and oxygen atoms in total. The van der Waals surface area contributed by atoms with Gasteiger partial charge in [0, 0.05) is 44.9 Å². The van der Waals surface area contributed by atoms with E-state index in [4.69, 9.17) is 9.47 Å². The van der Waals surface area contributed by atoms with Crippen LogP contribution in [-0.4, -0.2) is 52.0 Å². The molecule has 0 bridgehead atoms. The summed E-state index contributed by atoms with van der Waals surface area (Å²) in [4.78, 5) is 4.60. The topological polar surface area (TPSA) is 92.3 Å². The number of aliphatic imine (C=N–C) groups is 1. The number of anilines is 1. The Labute approximate surface area is 206 Å². The molecule has 2 aliphatic rings. The van der Waals surface area contributed by atoms with Gasteiger partial charge in [0.15, 0.2) is 17.5 Å². The summed E-state index contributed by atoms with van der Waals surface area (Å²) >= 11 is 0. The smallest absolute Gasteiger partial charge is 0.243 e. The third kappa shape index (κ3) is 5.84. The first-order valence-electron chi connectivity index (χ1n) is 10.5. The van der Waals surface area contributed by atoms with Crippen molar-refractivity contribution in [2.24, 2.45) is 4.99 Å². The Bertz CT molecular complexity index is 1040. The minimum atomic E-state index is -3.39. The molecule has 0 aliphatic carbocycles. The lowest BCUT2D eigenvalue weighted by atomic mass is 10.2. The molecule has 2 aromatic rings. The number of sulfonamides is 1. The zero-order chi connectivity index (χ0) is 21.7. The number of hydrogen-bond donors (Lipinski definition) is 2. The number of benzene rings is 2. The predicted octanol–water partition coefficient (Wildman–Crippen LogP) is 3.44. The highest BCUT2D eigenvalue weighted by molar-refractivity contribution is 14.0. The van der Waals surface area contributed by atoms with Crippen molar-refractivity contribution >= 4 is 45.6 Å². The van der Waals surface area contributed by atoms with Crippen molar-refractivity contribution in [2.75, 3.05) is 38.7 Å². The van der Waals surface area contributed by atoms with E-state index in [1.165, 1.54) is 0 Å². The van der Waals surface area contributed by atoms with Crippen molar-refractivity contribution in [1.29, 1.82) is 0 Å². The summed E-state index contributed by atoms with van der Waals surface area (Å²) in [5, 5.41) is 6.49. The average Bonchev–Trinajstić information content (AvgIpc) is 3.24. The monoisotopic (exact) mass is 572 g/mol. The molecule has 2 aliphatic heterocycles. The summed E-state index contributed by atoms with van der Waals surface area (Å²) in [6.07, 6.45) is 2.71. The van der Waals surface area contributed by atoms with Crippen LogP contribution >= 0.6 is 24.0 Å². The molecule has 2 N–H and O–H groups in total. The van der Waals surface area contributed by atoms with E-state index in [-0.39, 0.29) is 24.0 Å². The number of hydrogen-bond acceptors (Lipinski definition) is 5. The van der Waals surface area contributed by atoms with Gasteiger partial charge in [-0.1, -0.05) is 12.1 Å². The summed E-state index contributed by atoms with van der Waals surface area (Å²) in [6, 6.07) is 12.7. The summed E-state index contributed by atoms with van der Waals surface area (Å²) in [5.41, 5.74) is 1.80. The number of nitrogens with one attached hydrogen (secondary N) is 2. The highest BCUT2D eigenvalue weighted by atomic mass is 127. The number of guanidine groups is 1. The van der Waals surface area contributed by atoms with Gasteiger partial charge in [-0.15, -0.1) is 24.0 Å². The molecule has 1 fully saturated rings. The Kier molecular flexibility index (Phi) is 8.60. The fraction of sp³-hybridized carbons (Fsp3) is 0.409. The summed E-state index contributed by atoms with van der Waals surface area (Å²) in [6.45, 7) is 3.00. The Morgan fingerprint density at radius 3 is 2.38 bits per heavy atom. The van der Waals surface area contributed by atoms with E-state index >= 15 is 0 Å². The predicted molar refractivity (Wildman–Crippen MR) is 136 cm³/mol. The van der Waals surface area contributed by atoms with Crippen molar-refractivity contribution in [2.45, 2.75) is 30.7 Å². The summed E-state index contributed by atoms with van der Waals surface area (Å²) in [7, 11) is -1.69. The van der Waals surface area contributed by atoms with Gasteiger partial charge in [0.25, 0.3) is 0 Å². The molecule has 4 rings (SSSR count). The lowest BCUT2D eigenvalue weighted by Crippen LogP contribution is -2.30. The maximum absolute atomic E-state index is 12.6. The normalized spacial score (nSPS) is 16.7. The van der Waals surface area contributed by atoms with E-state index in [1.807, 2.05) is 30.3 Å². The van der Waals surface area contributed by atoms with E-state index < -0.39 is 10.0 Å². The van der Waals surface area contributed by atoms with Crippen LogP contribution in [0.5, 0.6) is 11.5 Å². The van der Waals surface area contributed by atoms with Gasteiger partial charge in [-0.05, 0) is 42.7 Å². The van der Waals surface area contributed by atoms with E-state index in [0.29, 0.717) is 49.5 Å². The number of nitrogens with zero attached hydrogens (tertiary/aromatic N) is 2. The molecule has 2 heterocycles. The SMILES string of the molecule is CN=C(NCc1ccc(S(=O)(=O)N2CCCC2)cc1)Nc1ccc2c(c1)OCCCO2.I. The van der Waals surface area contributed by atoms with Gasteiger partial charge < -0.3 is 20.1 Å². The third-order valence-corrected chi connectivity index (χ3v) is 7.23. The molecule has 10 heteroatoms. The number of ether oxygens (including phenoxy) is 2. The molecule has 174 valence electrons. The lowest BCUT2D eigenvalue weighted by Gasteiger charge is -2.16. The van der Waals surface area contributed by atoms with Crippen LogP contribution in [0, 0.1) is 0 Å². The van der Waals surface area contributed by atoms with Crippen LogP contribution in [0.4, 0.5) is 5.69 Å². The highest BCUT2D eigenvalue weighted by Gasteiger charge is 2.26. The molecule has 2 aromatic carbocycles. The van der Waals surface area contributed by atoms with Crippen molar-refractivity contribution in [3.05, 3.63) is 48.0 Å². The van der Waals surface area contributed by atoms with Crippen LogP contribution in [0.1, 0.15) is 24.8 Å². The van der Waals surface area contributed by atoms with Crippen LogP contribution in [0.2, 0.25) is 0 Å². The van der Waals surface area contributed by atoms with Crippen molar-refractivity contribution in [3.63, 3.8) is 0 Å². The molecule has 1 saturated heterocycles. The first-order valence-corrected chi connectivity index (χ1v) is 12.0. The van der Waals surface area contributed by atoms with E-state index in [0.717, 1.165) is 36.3 Å². The van der Waals surface area contributed by atoms with Gasteiger partial charge in [-0.3, -0.25) is 4.99 Å². The minimum absolute atomic E-state index is 0. The van der Waals surface area contributed by atoms with Crippen LogP contribution in [-0.2, 0) is 16.6 Å². The zero-order valence-corrected chi connectivity index (χ0v) is 21.2. The zero-order valence-electron chi connectivity index (χ0n) is 18.0. The maximum Gasteiger partial charge on any atom is 0.243 e. The van der Waals surface area contributed by atoms with E-state index in [9.17, 15) is 8.42 Å². The van der Waals surface area contributed by atoms with Crippen molar-refractivity contribution in [3.8, 4) is 11.5 Å². The molecule has 0 aromatic heterocycles. The Morgan fingerprint density at radius 1 is 1.00 bits per heavy atom. The first-order chi connectivity index (χ1) is 15.1. The minimum Gasteiger partial charge on any atom is -0.490 e. The first kappa shape index (κ1) is 24.6. The molecule has 0 atom stereocenters. The highest BCUT2D eigenvalue weighted by Crippen LogP contribution is 2.32. The summed E-state index contributed by atoms with van der Waals surface area (Å²) < 4.78 is 38.2. The Balaban J connectivity index is 0.00000289. The number of halogens is 1. The van der Waals surface area contributed by atoms with E-state index in [2.05, 4.69) is 15.6 Å². The Morgan fingerprint density at radius 2 is 1.69 bits per heavy atom. The second kappa shape index (κ2) is 11.2. The van der Waals surface area contributed by atoms with Crippen LogP contribution in [0.3, 0.4) is 0 Å². The fourth-order valence-electron chi connectivity index (χ4n) is 3.60. The standard InChI is InChI=1S/C22H28N4O4S.HI/c1-23-22(25-18-7-10-20-21(15-18)30-14-4-13-29-20)24-16-17-5-8-19(9-6-17)31(27,28)26-11-2-3-12-26;/h5-10,15H,2-4,11-14,16H2,1H3,(H2,23,24,25);1H. The number of fused-ring (bicyclic) bond motifs is 1. The van der Waals surface area contributed by atoms with E-state index in [1.54, 1.807) is 23.5 Å². The molecular formula is C22H29IN4O4S. The third-order valence-electron chi connectivity index (χ3n) is 5.32. The lowest BCUT2D eigenvalue weighted by molar-refractivity contribution is 0.297. The average molecular weight is 572 g/mol. The molecule has 0 unspecified atom stereocenters. The van der Waals surface area contributed by atoms with Gasteiger partial charge in [-0.25, -0.2) is 8.42 Å². The van der Waals surface area contributed by atoms with Gasteiger partial charge in [0.1, 0.15) is 0 Å². The largest absolute Gasteiger partial charge is 0.490 e. The second-order valence-electron chi connectivity index (χ2n) is 7.52. The van der Waals surface area contributed by atoms with Crippen LogP contribution in [0.25, 0.3) is 0 Å². The van der Waals surface area contributed by atoms with Gasteiger partial charge >= 0.3 is 0 Å². The molecular weight excluding hydrogens is 543 g/mol. The maximum atomic E-state index is 12.6. The molecule has 0 radical (unpaired) electrons. The Hall–Kier alpha value is -2.05. The second-order valence-corrected chi connectivity index (χ2v) is 9.46. The molecule has 32 heavy (non-hydrogen) atoms. The molecule has 0 amide bonds.